The highest BCUT2D eigenvalue weighted by atomic mass is 16.5. The number of nitrogens with one attached hydrogen (secondary N) is 1. The highest BCUT2D eigenvalue weighted by Gasteiger charge is 2.74. The fourth-order valence-corrected chi connectivity index (χ4v) is 12.9. The zero-order valence-corrected chi connectivity index (χ0v) is 35.9. The molecule has 2 amide bonds. The quantitative estimate of drug-likeness (QED) is 0.102. The van der Waals surface area contributed by atoms with Gasteiger partial charge in [0.1, 0.15) is 17.2 Å². The summed E-state index contributed by atoms with van der Waals surface area (Å²) in [6, 6.07) is 30.4. The van der Waals surface area contributed by atoms with Crippen molar-refractivity contribution in [1.82, 2.24) is 4.90 Å². The van der Waals surface area contributed by atoms with Crippen LogP contribution in [0.4, 0.5) is 10.5 Å². The minimum absolute atomic E-state index is 0.0158. The van der Waals surface area contributed by atoms with Crippen molar-refractivity contribution in [1.29, 1.82) is 0 Å². The van der Waals surface area contributed by atoms with E-state index in [2.05, 4.69) is 49.5 Å². The van der Waals surface area contributed by atoms with Gasteiger partial charge < -0.3 is 34.6 Å². The second-order valence-electron chi connectivity index (χ2n) is 18.7. The number of aliphatic hydroxyl groups excluding tert-OH is 1. The van der Waals surface area contributed by atoms with Crippen molar-refractivity contribution in [2.75, 3.05) is 33.2 Å². The fourth-order valence-electron chi connectivity index (χ4n) is 12.9. The highest BCUT2D eigenvalue weighted by Crippen LogP contribution is 2.78. The Morgan fingerprint density at radius 3 is 2.18 bits per heavy atom. The number of fused-ring (bicyclic) bond motifs is 1. The smallest absolute Gasteiger partial charge is 0.322 e. The van der Waals surface area contributed by atoms with Crippen LogP contribution in [-0.4, -0.2) is 66.5 Å². The second kappa shape index (κ2) is 15.2. The summed E-state index contributed by atoms with van der Waals surface area (Å²) in [5, 5.41) is 27.7. The van der Waals surface area contributed by atoms with Gasteiger partial charge in [0.05, 0.1) is 46.1 Å². The average molecular weight is 823 g/mol. The third-order valence-electron chi connectivity index (χ3n) is 16.1. The van der Waals surface area contributed by atoms with Gasteiger partial charge in [0, 0.05) is 44.7 Å². The Balaban J connectivity index is 1.12. The van der Waals surface area contributed by atoms with Crippen LogP contribution in [0.2, 0.25) is 0 Å². The molecule has 2 bridgehead atoms. The van der Waals surface area contributed by atoms with Crippen molar-refractivity contribution >= 4 is 17.5 Å². The van der Waals surface area contributed by atoms with Gasteiger partial charge in [-0.05, 0) is 110 Å². The fraction of sp³-hybridized carbons (Fsp3) is 0.423. The largest absolute Gasteiger partial charge is 0.497 e. The molecule has 318 valence electrons. The van der Waals surface area contributed by atoms with Crippen molar-refractivity contribution in [3.8, 4) is 28.4 Å². The molecule has 61 heavy (non-hydrogen) atoms. The zero-order valence-electron chi connectivity index (χ0n) is 35.9. The molecule has 0 aliphatic heterocycles. The molecule has 8 atom stereocenters. The van der Waals surface area contributed by atoms with E-state index in [4.69, 9.17) is 14.2 Å². The molecule has 0 saturated heterocycles. The molecule has 0 heterocycles. The molecule has 9 nitrogen and oxygen atoms in total. The molecule has 0 aromatic heterocycles. The normalized spacial score (nSPS) is 31.9. The second-order valence-corrected chi connectivity index (χ2v) is 18.7. The number of amides is 2. The van der Waals surface area contributed by atoms with E-state index in [0.717, 1.165) is 47.9 Å². The van der Waals surface area contributed by atoms with E-state index in [0.29, 0.717) is 47.8 Å². The van der Waals surface area contributed by atoms with Crippen molar-refractivity contribution < 1.29 is 34.0 Å². The summed E-state index contributed by atoms with van der Waals surface area (Å²) in [6.45, 7) is 4.85. The predicted octanol–water partition coefficient (Wildman–Crippen LogP) is 9.89. The number of aliphatic hydroxyl groups is 2. The first kappa shape index (κ1) is 41.0. The molecule has 3 fully saturated rings. The van der Waals surface area contributed by atoms with Gasteiger partial charge in [-0.1, -0.05) is 86.7 Å². The average Bonchev–Trinajstić information content (AvgIpc) is 3.55. The Morgan fingerprint density at radius 1 is 0.770 bits per heavy atom. The number of ether oxygens (including phenoxy) is 3. The van der Waals surface area contributed by atoms with Crippen LogP contribution in [0.1, 0.15) is 74.7 Å². The molecule has 0 radical (unpaired) electrons. The third kappa shape index (κ3) is 6.33. The molecule has 10 rings (SSSR count). The Kier molecular flexibility index (Phi) is 10.2. The molecule has 4 aromatic rings. The van der Waals surface area contributed by atoms with Crippen LogP contribution in [0, 0.1) is 33.5 Å². The van der Waals surface area contributed by atoms with Gasteiger partial charge >= 0.3 is 6.03 Å². The predicted molar refractivity (Wildman–Crippen MR) is 237 cm³/mol. The highest BCUT2D eigenvalue weighted by molar-refractivity contribution is 6.14. The summed E-state index contributed by atoms with van der Waals surface area (Å²) >= 11 is 0. The Labute approximate surface area is 359 Å². The molecule has 2 spiro atoms. The number of Topliss-reactive ketones (excluding diaryl/α,β-unsaturated/α-hetero) is 1. The number of rotatable bonds is 11. The third-order valence-corrected chi connectivity index (χ3v) is 16.1. The van der Waals surface area contributed by atoms with E-state index in [-0.39, 0.29) is 42.2 Å². The van der Waals surface area contributed by atoms with Crippen LogP contribution in [0.3, 0.4) is 0 Å². The zero-order chi connectivity index (χ0) is 42.8. The summed E-state index contributed by atoms with van der Waals surface area (Å²) in [4.78, 5) is 31.9. The number of carbonyl (C=O) groups excluding carboxylic acids is 2. The van der Waals surface area contributed by atoms with Gasteiger partial charge in [-0.2, -0.15) is 0 Å². The number of carbonyl (C=O) groups is 2. The molecule has 4 aromatic carbocycles. The van der Waals surface area contributed by atoms with Crippen molar-refractivity contribution in [3.05, 3.63) is 132 Å². The number of anilines is 1. The number of benzene rings is 4. The first-order chi connectivity index (χ1) is 29.3. The number of urea groups is 1. The van der Waals surface area contributed by atoms with Gasteiger partial charge in [-0.25, -0.2) is 4.79 Å². The maximum atomic E-state index is 15.6. The maximum Gasteiger partial charge on any atom is 0.322 e. The van der Waals surface area contributed by atoms with E-state index in [1.54, 1.807) is 56.6 Å². The summed E-state index contributed by atoms with van der Waals surface area (Å²) in [5.41, 5.74) is 1.46. The minimum atomic E-state index is -1.30. The van der Waals surface area contributed by atoms with Gasteiger partial charge in [0.2, 0.25) is 0 Å². The van der Waals surface area contributed by atoms with E-state index in [1.165, 1.54) is 0 Å². The number of hydrogen-bond acceptors (Lipinski definition) is 7. The van der Waals surface area contributed by atoms with E-state index in [1.807, 2.05) is 54.6 Å². The lowest BCUT2D eigenvalue weighted by atomic mass is 9.32. The first-order valence-corrected chi connectivity index (χ1v) is 21.8. The van der Waals surface area contributed by atoms with Crippen LogP contribution in [0.25, 0.3) is 11.1 Å². The van der Waals surface area contributed by atoms with Gasteiger partial charge in [-0.15, -0.1) is 0 Å². The Morgan fingerprint density at radius 2 is 1.44 bits per heavy atom. The molecule has 9 heteroatoms. The lowest BCUT2D eigenvalue weighted by Crippen LogP contribution is -2.67. The van der Waals surface area contributed by atoms with Crippen molar-refractivity contribution in [2.24, 2.45) is 33.5 Å². The minimum Gasteiger partial charge on any atom is -0.497 e. The van der Waals surface area contributed by atoms with Gasteiger partial charge in [0.25, 0.3) is 0 Å². The summed E-state index contributed by atoms with van der Waals surface area (Å²) < 4.78 is 16.6. The van der Waals surface area contributed by atoms with Crippen LogP contribution < -0.4 is 19.5 Å². The summed E-state index contributed by atoms with van der Waals surface area (Å²) in [7, 11) is 4.81. The number of methoxy groups -OCH3 is 3. The van der Waals surface area contributed by atoms with Gasteiger partial charge in [-0.3, -0.25) is 4.79 Å². The molecule has 8 unspecified atom stereocenters. The SMILES string of the molecule is COc1ccc(NC(=O)N(Cc2ccc(OC)cc2OC)CC2(O)CCC3C45C=CC6(C=C4C(=O)c4ccccc4-c4ccccc4)CC(O)CCC6(C)C5CCC32C)cc1. The summed E-state index contributed by atoms with van der Waals surface area (Å²) in [5.74, 6) is 1.95. The summed E-state index contributed by atoms with van der Waals surface area (Å²) in [6.07, 6.45) is 11.4. The standard InChI is InChI=1S/C52H58N2O7/c1-48-24-21-37(55)30-50(48)27-28-52(42(31-50)46(56)41-14-10-9-13-40(41)34-11-7-6-8-12-34)44(48)22-25-49(2)45(52)23-26-51(49,58)33-54(32-35-15-18-39(60-4)29-43(35)61-5)47(57)53-36-16-19-38(59-3)20-17-36/h6-20,27-29,31,37,44-45,55,58H,21-26,30,32-33H2,1-5H3,(H,53,57). The van der Waals surface area contributed by atoms with Crippen molar-refractivity contribution in [2.45, 2.75) is 77.0 Å². The van der Waals surface area contributed by atoms with Crippen LogP contribution in [-0.2, 0) is 6.54 Å². The molecular weight excluding hydrogens is 765 g/mol. The van der Waals surface area contributed by atoms with E-state index in [9.17, 15) is 15.0 Å². The molecule has 6 aliphatic rings. The lowest BCUT2D eigenvalue weighted by molar-refractivity contribution is -0.174. The molecular formula is C52H58N2O7. The maximum absolute atomic E-state index is 15.6. The van der Waals surface area contributed by atoms with E-state index < -0.39 is 27.9 Å². The molecule has 6 aliphatic carbocycles. The van der Waals surface area contributed by atoms with E-state index >= 15 is 4.79 Å². The van der Waals surface area contributed by atoms with Crippen LogP contribution in [0.5, 0.6) is 17.2 Å². The first-order valence-electron chi connectivity index (χ1n) is 21.8. The Hall–Kier alpha value is -5.38. The topological polar surface area (TPSA) is 118 Å². The monoisotopic (exact) mass is 822 g/mol. The number of hydrogen-bond donors (Lipinski definition) is 3. The lowest BCUT2D eigenvalue weighted by Gasteiger charge is -2.71. The Bertz CT molecular complexity index is 2400. The van der Waals surface area contributed by atoms with Crippen LogP contribution >= 0.6 is 0 Å². The number of ketones is 1. The number of nitrogens with zero attached hydrogens (tertiary/aromatic N) is 1. The molecule has 3 N–H and O–H groups in total. The number of allylic oxidation sites excluding steroid dienone is 4. The van der Waals surface area contributed by atoms with Gasteiger partial charge in [0.15, 0.2) is 5.78 Å². The van der Waals surface area contributed by atoms with Crippen LogP contribution in [0.15, 0.2) is 121 Å². The van der Waals surface area contributed by atoms with Crippen molar-refractivity contribution in [3.63, 3.8) is 0 Å². The molecule has 3 saturated carbocycles.